The van der Waals surface area contributed by atoms with Gasteiger partial charge in [-0.15, -0.1) is 0 Å². The van der Waals surface area contributed by atoms with Gasteiger partial charge >= 0.3 is 0 Å². The first-order valence-electron chi connectivity index (χ1n) is 10.4. The molecular weight excluding hydrogens is 308 g/mol. The highest BCUT2D eigenvalue weighted by Gasteiger charge is 2.62. The van der Waals surface area contributed by atoms with Crippen LogP contribution in [-0.2, 0) is 9.59 Å². The van der Waals surface area contributed by atoms with Gasteiger partial charge < -0.3 is 0 Å². The minimum Gasteiger partial charge on any atom is -0.300 e. The molecule has 25 heavy (non-hydrogen) atoms. The number of carbonyl (C=O) groups is 2. The molecule has 3 saturated carbocycles. The maximum atomic E-state index is 12.4. The van der Waals surface area contributed by atoms with E-state index in [0.717, 1.165) is 18.8 Å². The predicted molar refractivity (Wildman–Crippen MR) is 100.0 cm³/mol. The lowest BCUT2D eigenvalue weighted by molar-refractivity contribution is -0.130. The van der Waals surface area contributed by atoms with Gasteiger partial charge in [-0.3, -0.25) is 9.59 Å². The lowest BCUT2D eigenvalue weighted by atomic mass is 9.45. The van der Waals surface area contributed by atoms with Gasteiger partial charge in [0.1, 0.15) is 5.78 Å². The third kappa shape index (κ3) is 2.28. The summed E-state index contributed by atoms with van der Waals surface area (Å²) in [5.74, 6) is 4.18. The van der Waals surface area contributed by atoms with Crippen LogP contribution in [0.5, 0.6) is 0 Å². The molecule has 0 spiro atoms. The Morgan fingerprint density at radius 2 is 1.84 bits per heavy atom. The SMILES string of the molecule is CC(=O)[C@H]1[C@@H](C)C[C@H]2[C@@H]3C[C@@H](C)C4=CC(=O)CC[C@]4(C)[C@H]3CC[C@@]21C. The van der Waals surface area contributed by atoms with Crippen LogP contribution in [0, 0.1) is 46.3 Å². The zero-order valence-corrected chi connectivity index (χ0v) is 16.6. The van der Waals surface area contributed by atoms with E-state index in [1.807, 2.05) is 13.0 Å². The Bertz CT molecular complexity index is 646. The van der Waals surface area contributed by atoms with Crippen LogP contribution in [0.1, 0.15) is 73.1 Å². The van der Waals surface area contributed by atoms with E-state index >= 15 is 0 Å². The number of hydrogen-bond donors (Lipinski definition) is 0. The minimum absolute atomic E-state index is 0.203. The van der Waals surface area contributed by atoms with Gasteiger partial charge in [0.15, 0.2) is 5.78 Å². The van der Waals surface area contributed by atoms with Crippen LogP contribution in [0.2, 0.25) is 0 Å². The summed E-state index contributed by atoms with van der Waals surface area (Å²) < 4.78 is 0. The number of fused-ring (bicyclic) bond motifs is 5. The van der Waals surface area contributed by atoms with E-state index in [2.05, 4.69) is 27.7 Å². The average molecular weight is 343 g/mol. The standard InChI is InChI=1S/C23H34O2/c1-13-10-17-18(22(4)8-6-16(25)12-19(13)22)7-9-23(5)20(17)11-14(2)21(23)15(3)24/h12-14,17-18,20-21H,6-11H2,1-5H3/t13-,14+,17-,18+,20+,21-,22-,23+/m1/s1. The lowest BCUT2D eigenvalue weighted by Crippen LogP contribution is -2.52. The zero-order valence-electron chi connectivity index (χ0n) is 16.6. The van der Waals surface area contributed by atoms with Crippen LogP contribution in [0.15, 0.2) is 11.6 Å². The molecule has 0 unspecified atom stereocenters. The van der Waals surface area contributed by atoms with Crippen molar-refractivity contribution >= 4 is 11.6 Å². The molecule has 0 saturated heterocycles. The Morgan fingerprint density at radius 3 is 2.52 bits per heavy atom. The van der Waals surface area contributed by atoms with E-state index in [0.29, 0.717) is 35.2 Å². The molecule has 0 amide bonds. The van der Waals surface area contributed by atoms with Crippen molar-refractivity contribution in [2.45, 2.75) is 73.1 Å². The van der Waals surface area contributed by atoms with Crippen LogP contribution < -0.4 is 0 Å². The van der Waals surface area contributed by atoms with Crippen molar-refractivity contribution in [1.29, 1.82) is 0 Å². The molecule has 138 valence electrons. The summed E-state index contributed by atoms with van der Waals surface area (Å²) in [6, 6.07) is 0. The summed E-state index contributed by atoms with van der Waals surface area (Å²) in [5.41, 5.74) is 1.87. The van der Waals surface area contributed by atoms with Gasteiger partial charge in [0.2, 0.25) is 0 Å². The predicted octanol–water partition coefficient (Wildman–Crippen LogP) is 5.22. The largest absolute Gasteiger partial charge is 0.300 e. The van der Waals surface area contributed by atoms with Gasteiger partial charge in [0.05, 0.1) is 0 Å². The number of ketones is 2. The average Bonchev–Trinajstić information content (AvgIpc) is 2.80. The number of allylic oxidation sites excluding steroid dienone is 1. The Balaban J connectivity index is 1.73. The second kappa shape index (κ2) is 5.54. The monoisotopic (exact) mass is 342 g/mol. The van der Waals surface area contributed by atoms with Crippen LogP contribution in [0.25, 0.3) is 0 Å². The van der Waals surface area contributed by atoms with Crippen molar-refractivity contribution in [3.8, 4) is 0 Å². The third-order valence-corrected chi connectivity index (χ3v) is 9.06. The molecule has 0 aromatic heterocycles. The van der Waals surface area contributed by atoms with Crippen LogP contribution in [-0.4, -0.2) is 11.6 Å². The molecule has 4 aliphatic carbocycles. The lowest BCUT2D eigenvalue weighted by Gasteiger charge is -2.59. The fraction of sp³-hybridized carbons (Fsp3) is 0.826. The van der Waals surface area contributed by atoms with Crippen molar-refractivity contribution in [1.82, 2.24) is 0 Å². The summed E-state index contributed by atoms with van der Waals surface area (Å²) >= 11 is 0. The van der Waals surface area contributed by atoms with Crippen LogP contribution >= 0.6 is 0 Å². The first-order chi connectivity index (χ1) is 11.7. The smallest absolute Gasteiger partial charge is 0.155 e. The zero-order chi connectivity index (χ0) is 18.1. The van der Waals surface area contributed by atoms with Crippen molar-refractivity contribution in [2.24, 2.45) is 46.3 Å². The number of Topliss-reactive ketones (excluding diaryl/α,β-unsaturated/α-hetero) is 1. The maximum absolute atomic E-state index is 12.4. The van der Waals surface area contributed by atoms with Gasteiger partial charge in [-0.1, -0.05) is 33.3 Å². The summed E-state index contributed by atoms with van der Waals surface area (Å²) in [7, 11) is 0. The van der Waals surface area contributed by atoms with E-state index < -0.39 is 0 Å². The summed E-state index contributed by atoms with van der Waals surface area (Å²) in [4.78, 5) is 24.5. The van der Waals surface area contributed by atoms with Crippen LogP contribution in [0.3, 0.4) is 0 Å². The Labute approximate surface area is 152 Å². The second-order valence-corrected chi connectivity index (χ2v) is 10.3. The normalized spacial score (nSPS) is 52.0. The van der Waals surface area contributed by atoms with E-state index in [4.69, 9.17) is 0 Å². The maximum Gasteiger partial charge on any atom is 0.155 e. The summed E-state index contributed by atoms with van der Waals surface area (Å²) in [6.07, 6.45) is 8.65. The molecular formula is C23H34O2. The van der Waals surface area contributed by atoms with E-state index in [9.17, 15) is 9.59 Å². The molecule has 0 heterocycles. The second-order valence-electron chi connectivity index (χ2n) is 10.3. The molecule has 2 heteroatoms. The van der Waals surface area contributed by atoms with Gasteiger partial charge in [0.25, 0.3) is 0 Å². The highest BCUT2D eigenvalue weighted by atomic mass is 16.1. The van der Waals surface area contributed by atoms with E-state index in [1.165, 1.54) is 31.3 Å². The van der Waals surface area contributed by atoms with Gasteiger partial charge in [-0.25, -0.2) is 0 Å². The molecule has 0 aliphatic heterocycles. The van der Waals surface area contributed by atoms with Gasteiger partial charge in [-0.2, -0.15) is 0 Å². The quantitative estimate of drug-likeness (QED) is 0.655. The topological polar surface area (TPSA) is 34.1 Å². The fourth-order valence-corrected chi connectivity index (χ4v) is 8.21. The molecule has 0 aromatic rings. The molecule has 2 nitrogen and oxygen atoms in total. The number of carbonyl (C=O) groups excluding carboxylic acids is 2. The molecule has 0 radical (unpaired) electrons. The number of hydrogen-bond acceptors (Lipinski definition) is 2. The Kier molecular flexibility index (Phi) is 3.87. The van der Waals surface area contributed by atoms with Crippen molar-refractivity contribution in [3.63, 3.8) is 0 Å². The Hall–Kier alpha value is -0.920. The van der Waals surface area contributed by atoms with E-state index in [-0.39, 0.29) is 16.7 Å². The fourth-order valence-electron chi connectivity index (χ4n) is 8.21. The van der Waals surface area contributed by atoms with Gasteiger partial charge in [0, 0.05) is 12.3 Å². The highest BCUT2D eigenvalue weighted by Crippen LogP contribution is 2.68. The summed E-state index contributed by atoms with van der Waals surface area (Å²) in [5, 5.41) is 0. The molecule has 0 N–H and O–H groups in total. The highest BCUT2D eigenvalue weighted by molar-refractivity contribution is 5.91. The number of rotatable bonds is 1. The van der Waals surface area contributed by atoms with Crippen molar-refractivity contribution in [2.75, 3.05) is 0 Å². The van der Waals surface area contributed by atoms with Crippen molar-refractivity contribution in [3.05, 3.63) is 11.6 Å². The molecule has 0 aromatic carbocycles. The van der Waals surface area contributed by atoms with E-state index in [1.54, 1.807) is 0 Å². The van der Waals surface area contributed by atoms with Gasteiger partial charge in [-0.05, 0) is 85.5 Å². The third-order valence-electron chi connectivity index (χ3n) is 9.06. The minimum atomic E-state index is 0.203. The Morgan fingerprint density at radius 1 is 1.12 bits per heavy atom. The molecule has 0 bridgehead atoms. The first-order valence-corrected chi connectivity index (χ1v) is 10.4. The molecule has 3 fully saturated rings. The molecule has 4 rings (SSSR count). The molecule has 8 atom stereocenters. The first kappa shape index (κ1) is 17.5. The summed E-state index contributed by atoms with van der Waals surface area (Å²) in [6.45, 7) is 11.3. The van der Waals surface area contributed by atoms with Crippen molar-refractivity contribution < 1.29 is 9.59 Å². The van der Waals surface area contributed by atoms with Crippen LogP contribution in [0.4, 0.5) is 0 Å². The molecule has 4 aliphatic rings.